The number of nitrogens with zero attached hydrogens (tertiary/aromatic N) is 2. The largest absolute Gasteiger partial charge is 0.495 e. The van der Waals surface area contributed by atoms with Crippen LogP contribution in [0.25, 0.3) is 0 Å². The van der Waals surface area contributed by atoms with Crippen molar-refractivity contribution >= 4 is 39.1 Å². The highest BCUT2D eigenvalue weighted by Crippen LogP contribution is 2.34. The van der Waals surface area contributed by atoms with Gasteiger partial charge in [0.15, 0.2) is 0 Å². The second-order valence-electron chi connectivity index (χ2n) is 9.62. The summed E-state index contributed by atoms with van der Waals surface area (Å²) in [6.45, 7) is 7.21. The van der Waals surface area contributed by atoms with Crippen LogP contribution in [0, 0.1) is 13.8 Å². The summed E-state index contributed by atoms with van der Waals surface area (Å²) in [7, 11) is -2.76. The molecule has 1 N–H and O–H groups in total. The zero-order chi connectivity index (χ0) is 29.4. The van der Waals surface area contributed by atoms with Crippen molar-refractivity contribution in [2.24, 2.45) is 0 Å². The van der Waals surface area contributed by atoms with Crippen molar-refractivity contribution in [1.29, 1.82) is 0 Å². The molecule has 0 radical (unpaired) electrons. The van der Waals surface area contributed by atoms with Gasteiger partial charge < -0.3 is 15.0 Å². The molecular weight excluding hydrogens is 550 g/mol. The number of methoxy groups -OCH3 is 1. The lowest BCUT2D eigenvalue weighted by Gasteiger charge is -2.32. The molecule has 3 aromatic carbocycles. The summed E-state index contributed by atoms with van der Waals surface area (Å²) >= 11 is 6.19. The average Bonchev–Trinajstić information content (AvgIpc) is 2.93. The Balaban J connectivity index is 2.09. The third-order valence-electron chi connectivity index (χ3n) is 6.45. The number of amides is 2. The maximum absolute atomic E-state index is 14.0. The lowest BCUT2D eigenvalue weighted by molar-refractivity contribution is -0.139. The second kappa shape index (κ2) is 13.7. The number of aryl methyl sites for hydroxylation is 2. The molecule has 8 nitrogen and oxygen atoms in total. The summed E-state index contributed by atoms with van der Waals surface area (Å²) in [6, 6.07) is 17.7. The molecular formula is C30H36ClN3O5S. The van der Waals surface area contributed by atoms with E-state index in [1.54, 1.807) is 61.5 Å². The van der Waals surface area contributed by atoms with E-state index in [1.165, 1.54) is 24.1 Å². The van der Waals surface area contributed by atoms with Crippen LogP contribution in [0.5, 0.6) is 5.75 Å². The molecule has 0 aliphatic rings. The van der Waals surface area contributed by atoms with E-state index in [2.05, 4.69) is 5.32 Å². The molecule has 0 fully saturated rings. The molecule has 0 aliphatic heterocycles. The van der Waals surface area contributed by atoms with Gasteiger partial charge in [0.25, 0.3) is 10.0 Å². The van der Waals surface area contributed by atoms with Crippen LogP contribution in [0.15, 0.2) is 71.6 Å². The first-order chi connectivity index (χ1) is 19.0. The van der Waals surface area contributed by atoms with Crippen LogP contribution < -0.4 is 14.4 Å². The van der Waals surface area contributed by atoms with Gasteiger partial charge in [-0.3, -0.25) is 13.9 Å². The van der Waals surface area contributed by atoms with Crippen molar-refractivity contribution in [2.45, 2.75) is 51.6 Å². The monoisotopic (exact) mass is 585 g/mol. The summed E-state index contributed by atoms with van der Waals surface area (Å²) in [5.41, 5.74) is 2.61. The van der Waals surface area contributed by atoms with Crippen molar-refractivity contribution in [3.05, 3.63) is 88.4 Å². The van der Waals surface area contributed by atoms with Crippen molar-refractivity contribution in [1.82, 2.24) is 10.2 Å². The van der Waals surface area contributed by atoms with Crippen molar-refractivity contribution in [3.8, 4) is 5.75 Å². The third kappa shape index (κ3) is 7.55. The van der Waals surface area contributed by atoms with Crippen LogP contribution in [-0.2, 0) is 26.2 Å². The highest BCUT2D eigenvalue weighted by atomic mass is 35.5. The Hall–Kier alpha value is -3.56. The quantitative estimate of drug-likeness (QED) is 0.319. The minimum Gasteiger partial charge on any atom is -0.495 e. The summed E-state index contributed by atoms with van der Waals surface area (Å²) in [5.74, 6) is -0.596. The smallest absolute Gasteiger partial charge is 0.264 e. The molecule has 0 spiro atoms. The lowest BCUT2D eigenvalue weighted by Crippen LogP contribution is -2.51. The van der Waals surface area contributed by atoms with E-state index in [0.29, 0.717) is 22.9 Å². The van der Waals surface area contributed by atoms with E-state index < -0.39 is 28.5 Å². The first kappa shape index (κ1) is 31.0. The summed E-state index contributed by atoms with van der Waals surface area (Å²) < 4.78 is 34.6. The first-order valence-electron chi connectivity index (χ1n) is 13.0. The molecule has 2 amide bonds. The fourth-order valence-corrected chi connectivity index (χ4v) is 5.79. The minimum absolute atomic E-state index is 0.0320. The highest BCUT2D eigenvalue weighted by Gasteiger charge is 2.33. The predicted octanol–water partition coefficient (Wildman–Crippen LogP) is 5.10. The normalized spacial score (nSPS) is 11.9. The Labute approximate surface area is 241 Å². The fourth-order valence-electron chi connectivity index (χ4n) is 4.16. The fraction of sp³-hybridized carbons (Fsp3) is 0.333. The minimum atomic E-state index is -4.20. The maximum atomic E-state index is 14.0. The van der Waals surface area contributed by atoms with Gasteiger partial charge in [0.2, 0.25) is 11.8 Å². The Morgan fingerprint density at radius 2 is 1.68 bits per heavy atom. The molecule has 0 bridgehead atoms. The molecule has 3 rings (SSSR count). The number of rotatable bonds is 12. The molecule has 0 aromatic heterocycles. The van der Waals surface area contributed by atoms with Crippen LogP contribution in [0.1, 0.15) is 37.0 Å². The number of hydrogen-bond acceptors (Lipinski definition) is 5. The van der Waals surface area contributed by atoms with Gasteiger partial charge in [-0.2, -0.15) is 0 Å². The zero-order valence-corrected chi connectivity index (χ0v) is 25.1. The lowest BCUT2D eigenvalue weighted by atomic mass is 10.1. The van der Waals surface area contributed by atoms with E-state index in [-0.39, 0.29) is 23.0 Å². The van der Waals surface area contributed by atoms with Crippen LogP contribution in [-0.4, -0.2) is 51.4 Å². The van der Waals surface area contributed by atoms with Crippen molar-refractivity contribution < 1.29 is 22.7 Å². The van der Waals surface area contributed by atoms with Gasteiger partial charge in [-0.15, -0.1) is 0 Å². The number of hydrogen-bond donors (Lipinski definition) is 1. The van der Waals surface area contributed by atoms with Gasteiger partial charge in [-0.1, -0.05) is 54.4 Å². The molecule has 10 heteroatoms. The topological polar surface area (TPSA) is 96.0 Å². The van der Waals surface area contributed by atoms with Crippen LogP contribution >= 0.6 is 11.6 Å². The van der Waals surface area contributed by atoms with Crippen LogP contribution in [0.2, 0.25) is 5.02 Å². The van der Waals surface area contributed by atoms with E-state index in [4.69, 9.17) is 16.3 Å². The number of halogens is 1. The molecule has 0 heterocycles. The second-order valence-corrected chi connectivity index (χ2v) is 11.9. The number of sulfonamides is 1. The van der Waals surface area contributed by atoms with E-state index in [9.17, 15) is 18.0 Å². The number of ether oxygens (including phenoxy) is 1. The van der Waals surface area contributed by atoms with E-state index in [0.717, 1.165) is 21.9 Å². The van der Waals surface area contributed by atoms with Gasteiger partial charge in [0.05, 0.1) is 17.7 Å². The maximum Gasteiger partial charge on any atom is 0.264 e. The molecule has 0 saturated heterocycles. The number of nitrogens with one attached hydrogen (secondary N) is 1. The molecule has 0 unspecified atom stereocenters. The van der Waals surface area contributed by atoms with Gasteiger partial charge >= 0.3 is 0 Å². The van der Waals surface area contributed by atoms with E-state index in [1.807, 2.05) is 20.8 Å². The molecule has 3 aromatic rings. The van der Waals surface area contributed by atoms with Gasteiger partial charge in [-0.25, -0.2) is 8.42 Å². The number of benzene rings is 3. The van der Waals surface area contributed by atoms with Crippen LogP contribution in [0.3, 0.4) is 0 Å². The molecule has 1 atom stereocenters. The van der Waals surface area contributed by atoms with Gasteiger partial charge in [0, 0.05) is 18.1 Å². The zero-order valence-electron chi connectivity index (χ0n) is 23.5. The molecule has 0 aliphatic carbocycles. The standard InChI is InChI=1S/C30H36ClN3O5S/c1-6-16-32-30(36)23(4)33(19-24-8-7-9-25(31)18-24)29(35)20-34(27-17-22(3)12-15-28(27)39-5)40(37,38)26-13-10-21(2)11-14-26/h7-15,17-18,23H,6,16,19-20H2,1-5H3,(H,32,36)/t23-/m1/s1. The van der Waals surface area contributed by atoms with Crippen molar-refractivity contribution in [3.63, 3.8) is 0 Å². The Kier molecular flexibility index (Phi) is 10.6. The molecule has 40 heavy (non-hydrogen) atoms. The first-order valence-corrected chi connectivity index (χ1v) is 14.9. The Bertz CT molecular complexity index is 1440. The summed E-state index contributed by atoms with van der Waals surface area (Å²) in [5, 5.41) is 3.31. The van der Waals surface area contributed by atoms with Gasteiger partial charge in [-0.05, 0) is 74.7 Å². The Morgan fingerprint density at radius 3 is 2.30 bits per heavy atom. The average molecular weight is 586 g/mol. The Morgan fingerprint density at radius 1 is 1.00 bits per heavy atom. The predicted molar refractivity (Wildman–Crippen MR) is 158 cm³/mol. The summed E-state index contributed by atoms with van der Waals surface area (Å²) in [6.07, 6.45) is 0.733. The van der Waals surface area contributed by atoms with Crippen LogP contribution in [0.4, 0.5) is 5.69 Å². The molecule has 214 valence electrons. The number of anilines is 1. The number of carbonyl (C=O) groups is 2. The highest BCUT2D eigenvalue weighted by molar-refractivity contribution is 7.92. The third-order valence-corrected chi connectivity index (χ3v) is 8.46. The number of carbonyl (C=O) groups excluding carboxylic acids is 2. The van der Waals surface area contributed by atoms with Crippen molar-refractivity contribution in [2.75, 3.05) is 24.5 Å². The van der Waals surface area contributed by atoms with E-state index >= 15 is 0 Å². The SMILES string of the molecule is CCCNC(=O)[C@@H](C)N(Cc1cccc(Cl)c1)C(=O)CN(c1cc(C)ccc1OC)S(=O)(=O)c1ccc(C)cc1. The van der Waals surface area contributed by atoms with Gasteiger partial charge in [0.1, 0.15) is 18.3 Å². The summed E-state index contributed by atoms with van der Waals surface area (Å²) in [4.78, 5) is 28.4. The molecule has 0 saturated carbocycles.